The fraction of sp³-hybridized carbons (Fsp3) is 0.941. The minimum absolute atomic E-state index is 0.193. The molecule has 0 bridgehead atoms. The summed E-state index contributed by atoms with van der Waals surface area (Å²) in [7, 11) is 0. The zero-order valence-corrected chi connectivity index (χ0v) is 13.4. The van der Waals surface area contributed by atoms with Gasteiger partial charge >= 0.3 is 0 Å². The number of carbonyl (C=O) groups is 1. The van der Waals surface area contributed by atoms with Crippen molar-refractivity contribution in [1.82, 2.24) is 9.80 Å². The number of piperidine rings is 2. The number of amides is 1. The van der Waals surface area contributed by atoms with E-state index in [2.05, 4.69) is 11.8 Å². The molecular formula is C17H30N2O2. The van der Waals surface area contributed by atoms with Crippen molar-refractivity contribution in [1.29, 1.82) is 0 Å². The van der Waals surface area contributed by atoms with Crippen molar-refractivity contribution in [2.45, 2.75) is 57.5 Å². The molecule has 0 aromatic heterocycles. The van der Waals surface area contributed by atoms with Crippen molar-refractivity contribution in [3.05, 3.63) is 0 Å². The van der Waals surface area contributed by atoms with Crippen LogP contribution in [-0.2, 0) is 4.79 Å². The Morgan fingerprint density at radius 1 is 1.14 bits per heavy atom. The Hall–Kier alpha value is -0.610. The molecule has 2 saturated heterocycles. The van der Waals surface area contributed by atoms with E-state index in [9.17, 15) is 9.90 Å². The third kappa shape index (κ3) is 3.78. The Morgan fingerprint density at radius 2 is 1.76 bits per heavy atom. The molecule has 4 heteroatoms. The summed E-state index contributed by atoms with van der Waals surface area (Å²) in [4.78, 5) is 16.8. The number of hydrogen-bond acceptors (Lipinski definition) is 3. The summed E-state index contributed by atoms with van der Waals surface area (Å²) in [5.41, 5.74) is -0.572. The van der Waals surface area contributed by atoms with Crippen LogP contribution in [0.5, 0.6) is 0 Å². The van der Waals surface area contributed by atoms with Crippen molar-refractivity contribution in [2.75, 3.05) is 32.7 Å². The van der Waals surface area contributed by atoms with Gasteiger partial charge in [0.1, 0.15) is 0 Å². The first-order valence-corrected chi connectivity index (χ1v) is 8.81. The van der Waals surface area contributed by atoms with Gasteiger partial charge in [-0.1, -0.05) is 13.3 Å². The summed E-state index contributed by atoms with van der Waals surface area (Å²) in [5, 5.41) is 10.8. The third-order valence-electron chi connectivity index (χ3n) is 5.69. The van der Waals surface area contributed by atoms with E-state index in [-0.39, 0.29) is 5.92 Å². The summed E-state index contributed by atoms with van der Waals surface area (Å²) in [5.74, 6) is 1.14. The number of carbonyl (C=O) groups excluding carboxylic acids is 1. The molecule has 3 rings (SSSR count). The monoisotopic (exact) mass is 294 g/mol. The zero-order valence-electron chi connectivity index (χ0n) is 13.4. The topological polar surface area (TPSA) is 43.8 Å². The summed E-state index contributed by atoms with van der Waals surface area (Å²) in [6.45, 7) is 6.61. The van der Waals surface area contributed by atoms with Crippen LogP contribution < -0.4 is 0 Å². The molecule has 1 atom stereocenters. The van der Waals surface area contributed by atoms with E-state index in [1.807, 2.05) is 4.90 Å². The molecule has 2 heterocycles. The first-order chi connectivity index (χ1) is 10.1. The summed E-state index contributed by atoms with van der Waals surface area (Å²) in [6, 6.07) is 0. The highest BCUT2D eigenvalue weighted by Crippen LogP contribution is 2.38. The van der Waals surface area contributed by atoms with E-state index < -0.39 is 5.60 Å². The molecule has 1 saturated carbocycles. The average molecular weight is 294 g/mol. The third-order valence-corrected chi connectivity index (χ3v) is 5.69. The Balaban J connectivity index is 1.47. The predicted octanol–water partition coefficient (Wildman–Crippen LogP) is 1.87. The molecule has 4 nitrogen and oxygen atoms in total. The molecule has 0 radical (unpaired) electrons. The first kappa shape index (κ1) is 15.3. The Labute approximate surface area is 128 Å². The van der Waals surface area contributed by atoms with Crippen LogP contribution in [0, 0.1) is 11.8 Å². The second-order valence-electron chi connectivity index (χ2n) is 7.51. The second kappa shape index (κ2) is 6.25. The lowest BCUT2D eigenvalue weighted by Crippen LogP contribution is -2.53. The van der Waals surface area contributed by atoms with Gasteiger partial charge in [0.15, 0.2) is 0 Å². The maximum Gasteiger partial charge on any atom is 0.225 e. The number of β-amino-alcohol motifs (C(OH)–C–C–N with tert-alkyl or cyclic N) is 1. The summed E-state index contributed by atoms with van der Waals surface area (Å²) in [6.07, 6.45) is 7.79. The lowest BCUT2D eigenvalue weighted by atomic mass is 9.89. The molecule has 1 unspecified atom stereocenters. The smallest absolute Gasteiger partial charge is 0.225 e. The van der Waals surface area contributed by atoms with Gasteiger partial charge in [-0.05, 0) is 57.5 Å². The molecule has 2 aliphatic heterocycles. The van der Waals surface area contributed by atoms with Crippen LogP contribution in [0.2, 0.25) is 0 Å². The van der Waals surface area contributed by atoms with Crippen molar-refractivity contribution < 1.29 is 9.90 Å². The van der Waals surface area contributed by atoms with E-state index in [0.717, 1.165) is 45.6 Å². The summed E-state index contributed by atoms with van der Waals surface area (Å²) >= 11 is 0. The van der Waals surface area contributed by atoms with Crippen molar-refractivity contribution in [3.8, 4) is 0 Å². The Kier molecular flexibility index (Phi) is 4.55. The normalized spacial score (nSPS) is 28.4. The van der Waals surface area contributed by atoms with E-state index in [1.54, 1.807) is 0 Å². The minimum Gasteiger partial charge on any atom is -0.388 e. The fourth-order valence-corrected chi connectivity index (χ4v) is 3.92. The molecule has 1 N–H and O–H groups in total. The van der Waals surface area contributed by atoms with Gasteiger partial charge in [0.05, 0.1) is 5.60 Å². The quantitative estimate of drug-likeness (QED) is 0.861. The lowest BCUT2D eigenvalue weighted by molar-refractivity contribution is -0.140. The minimum atomic E-state index is -0.572. The van der Waals surface area contributed by atoms with Crippen LogP contribution in [0.15, 0.2) is 0 Å². The van der Waals surface area contributed by atoms with Crippen LogP contribution >= 0.6 is 0 Å². The van der Waals surface area contributed by atoms with Crippen LogP contribution in [0.25, 0.3) is 0 Å². The van der Waals surface area contributed by atoms with Crippen LogP contribution in [-0.4, -0.2) is 59.1 Å². The van der Waals surface area contributed by atoms with Gasteiger partial charge in [-0.15, -0.1) is 0 Å². The van der Waals surface area contributed by atoms with Crippen LogP contribution in [0.4, 0.5) is 0 Å². The zero-order chi connectivity index (χ0) is 14.9. The van der Waals surface area contributed by atoms with Gasteiger partial charge in [0, 0.05) is 25.6 Å². The molecule has 3 aliphatic rings. The standard InChI is InChI=1S/C17H30N2O2/c1-14(15-5-6-15)16(20)19-11-7-17(21,8-12-19)13-18-9-3-2-4-10-18/h14-15,21H,2-13H2,1H3. The molecular weight excluding hydrogens is 264 g/mol. The molecule has 0 spiro atoms. The number of rotatable bonds is 4. The summed E-state index contributed by atoms with van der Waals surface area (Å²) < 4.78 is 0. The van der Waals surface area contributed by atoms with Crippen LogP contribution in [0.3, 0.4) is 0 Å². The highest BCUT2D eigenvalue weighted by atomic mass is 16.3. The molecule has 1 aliphatic carbocycles. The average Bonchev–Trinajstić information content (AvgIpc) is 3.32. The fourth-order valence-electron chi connectivity index (χ4n) is 3.92. The highest BCUT2D eigenvalue weighted by molar-refractivity contribution is 5.79. The number of likely N-dealkylation sites (tertiary alicyclic amines) is 2. The Morgan fingerprint density at radius 3 is 2.33 bits per heavy atom. The van der Waals surface area contributed by atoms with Crippen molar-refractivity contribution in [3.63, 3.8) is 0 Å². The largest absolute Gasteiger partial charge is 0.388 e. The highest BCUT2D eigenvalue weighted by Gasteiger charge is 2.39. The van der Waals surface area contributed by atoms with Gasteiger partial charge in [0.25, 0.3) is 0 Å². The SMILES string of the molecule is CC(C(=O)N1CCC(O)(CN2CCCCC2)CC1)C1CC1. The molecule has 0 aromatic carbocycles. The lowest BCUT2D eigenvalue weighted by Gasteiger charge is -2.42. The van der Waals surface area contributed by atoms with Gasteiger partial charge in [-0.25, -0.2) is 0 Å². The maximum atomic E-state index is 12.4. The number of hydrogen-bond donors (Lipinski definition) is 1. The second-order valence-corrected chi connectivity index (χ2v) is 7.51. The number of aliphatic hydroxyl groups is 1. The molecule has 21 heavy (non-hydrogen) atoms. The molecule has 1 amide bonds. The van der Waals surface area contributed by atoms with E-state index >= 15 is 0 Å². The van der Waals surface area contributed by atoms with E-state index in [1.165, 1.54) is 32.1 Å². The van der Waals surface area contributed by atoms with Crippen molar-refractivity contribution >= 4 is 5.91 Å². The first-order valence-electron chi connectivity index (χ1n) is 8.81. The van der Waals surface area contributed by atoms with E-state index in [4.69, 9.17) is 0 Å². The van der Waals surface area contributed by atoms with Crippen molar-refractivity contribution in [2.24, 2.45) is 11.8 Å². The van der Waals surface area contributed by atoms with Crippen LogP contribution in [0.1, 0.15) is 51.9 Å². The van der Waals surface area contributed by atoms with Gasteiger partial charge in [-0.2, -0.15) is 0 Å². The number of nitrogens with zero attached hydrogens (tertiary/aromatic N) is 2. The van der Waals surface area contributed by atoms with E-state index in [0.29, 0.717) is 11.8 Å². The maximum absolute atomic E-state index is 12.4. The Bertz CT molecular complexity index is 367. The molecule has 3 fully saturated rings. The van der Waals surface area contributed by atoms with Gasteiger partial charge < -0.3 is 14.9 Å². The van der Waals surface area contributed by atoms with Gasteiger partial charge in [-0.3, -0.25) is 4.79 Å². The molecule has 0 aromatic rings. The predicted molar refractivity (Wildman–Crippen MR) is 82.9 cm³/mol. The molecule has 120 valence electrons. The van der Waals surface area contributed by atoms with Gasteiger partial charge in [0.2, 0.25) is 5.91 Å².